The lowest BCUT2D eigenvalue weighted by molar-refractivity contribution is -0.137. The fraction of sp³-hybridized carbons (Fsp3) is 0.562. The van der Waals surface area contributed by atoms with Gasteiger partial charge < -0.3 is 14.4 Å². The van der Waals surface area contributed by atoms with Crippen LogP contribution in [0.2, 0.25) is 0 Å². The first-order valence-corrected chi connectivity index (χ1v) is 7.47. The van der Waals surface area contributed by atoms with Gasteiger partial charge in [-0.2, -0.15) is 13.2 Å². The number of carbonyl (C=O) groups is 1. The van der Waals surface area contributed by atoms with Crippen LogP contribution < -0.4 is 4.90 Å². The Balaban J connectivity index is 2.12. The van der Waals surface area contributed by atoms with Crippen molar-refractivity contribution in [3.05, 3.63) is 29.8 Å². The second-order valence-electron chi connectivity index (χ2n) is 5.70. The maximum atomic E-state index is 12.8. The highest BCUT2D eigenvalue weighted by atomic mass is 19.4. The van der Waals surface area contributed by atoms with E-state index in [9.17, 15) is 18.0 Å². The summed E-state index contributed by atoms with van der Waals surface area (Å²) in [6.07, 6.45) is -3.85. The van der Waals surface area contributed by atoms with E-state index in [1.54, 1.807) is 13.8 Å². The van der Waals surface area contributed by atoms with Crippen LogP contribution in [-0.2, 0) is 20.4 Å². The van der Waals surface area contributed by atoms with E-state index in [2.05, 4.69) is 0 Å². The van der Waals surface area contributed by atoms with Crippen LogP contribution in [-0.4, -0.2) is 37.9 Å². The largest absolute Gasteiger partial charge is 0.416 e. The molecule has 1 aromatic rings. The molecular formula is C16H20F3NO3. The lowest BCUT2D eigenvalue weighted by Gasteiger charge is -2.28. The molecule has 0 bridgehead atoms. The predicted molar refractivity (Wildman–Crippen MR) is 79.2 cm³/mol. The first-order valence-electron chi connectivity index (χ1n) is 7.47. The molecule has 1 fully saturated rings. The van der Waals surface area contributed by atoms with E-state index in [-0.39, 0.29) is 30.3 Å². The molecule has 23 heavy (non-hydrogen) atoms. The van der Waals surface area contributed by atoms with Gasteiger partial charge >= 0.3 is 6.18 Å². The summed E-state index contributed by atoms with van der Waals surface area (Å²) in [5.41, 5.74) is -0.565. The molecule has 1 aliphatic heterocycles. The Morgan fingerprint density at radius 2 is 2.17 bits per heavy atom. The fourth-order valence-electron chi connectivity index (χ4n) is 2.47. The van der Waals surface area contributed by atoms with Gasteiger partial charge in [0.1, 0.15) is 6.61 Å². The molecule has 1 heterocycles. The lowest BCUT2D eigenvalue weighted by atomic mass is 10.1. The molecule has 0 unspecified atom stereocenters. The number of rotatable bonds is 5. The van der Waals surface area contributed by atoms with E-state index in [0.717, 1.165) is 18.6 Å². The number of nitrogens with zero attached hydrogens (tertiary/aromatic N) is 1. The minimum Gasteiger partial charge on any atom is -0.379 e. The van der Waals surface area contributed by atoms with Crippen molar-refractivity contribution in [2.75, 3.05) is 24.7 Å². The second kappa shape index (κ2) is 7.31. The van der Waals surface area contributed by atoms with Gasteiger partial charge in [0.25, 0.3) is 5.91 Å². The quantitative estimate of drug-likeness (QED) is 0.831. The highest BCUT2D eigenvalue weighted by Crippen LogP contribution is 2.32. The summed E-state index contributed by atoms with van der Waals surface area (Å²) in [5.74, 6) is -0.369. The van der Waals surface area contributed by atoms with Gasteiger partial charge in [-0.05, 0) is 38.5 Å². The van der Waals surface area contributed by atoms with E-state index in [0.29, 0.717) is 13.2 Å². The molecule has 1 amide bonds. The number of hydrogen-bond donors (Lipinski definition) is 0. The average Bonchev–Trinajstić information content (AvgIpc) is 2.97. The second-order valence-corrected chi connectivity index (χ2v) is 5.70. The summed E-state index contributed by atoms with van der Waals surface area (Å²) in [6.45, 7) is 4.36. The van der Waals surface area contributed by atoms with Crippen molar-refractivity contribution in [2.24, 2.45) is 0 Å². The van der Waals surface area contributed by atoms with Crippen LogP contribution in [0.4, 0.5) is 18.9 Å². The number of hydrogen-bond acceptors (Lipinski definition) is 3. The third kappa shape index (κ3) is 4.68. The maximum Gasteiger partial charge on any atom is 0.416 e. The predicted octanol–water partition coefficient (Wildman–Crippen LogP) is 3.25. The van der Waals surface area contributed by atoms with Gasteiger partial charge in [-0.1, -0.05) is 6.07 Å². The van der Waals surface area contributed by atoms with Crippen LogP contribution in [0.15, 0.2) is 24.3 Å². The Hall–Kier alpha value is -1.60. The van der Waals surface area contributed by atoms with Crippen LogP contribution in [0.3, 0.4) is 0 Å². The fourth-order valence-corrected chi connectivity index (χ4v) is 2.47. The van der Waals surface area contributed by atoms with Crippen molar-refractivity contribution in [3.63, 3.8) is 0 Å². The normalized spacial score (nSPS) is 18.4. The average molecular weight is 331 g/mol. The standard InChI is InChI=1S/C16H20F3NO3/c1-11(2)20(15(21)10-23-14-6-7-22-9-14)13-5-3-4-12(8-13)16(17,18)19/h3-5,8,11,14H,6-7,9-10H2,1-2H3/t14-/m0/s1. The summed E-state index contributed by atoms with van der Waals surface area (Å²) in [7, 11) is 0. The van der Waals surface area contributed by atoms with Crippen LogP contribution in [0.25, 0.3) is 0 Å². The van der Waals surface area contributed by atoms with Crippen molar-refractivity contribution in [3.8, 4) is 0 Å². The molecule has 0 aliphatic carbocycles. The number of carbonyl (C=O) groups excluding carboxylic acids is 1. The Morgan fingerprint density at radius 1 is 1.43 bits per heavy atom. The van der Waals surface area contributed by atoms with Gasteiger partial charge in [-0.15, -0.1) is 0 Å². The van der Waals surface area contributed by atoms with Gasteiger partial charge in [0, 0.05) is 18.3 Å². The number of amides is 1. The number of anilines is 1. The van der Waals surface area contributed by atoms with E-state index >= 15 is 0 Å². The van der Waals surface area contributed by atoms with Crippen molar-refractivity contribution < 1.29 is 27.4 Å². The van der Waals surface area contributed by atoms with Crippen LogP contribution in [0, 0.1) is 0 Å². The van der Waals surface area contributed by atoms with E-state index in [1.807, 2.05) is 0 Å². The summed E-state index contributed by atoms with van der Waals surface area (Å²) in [5, 5.41) is 0. The smallest absolute Gasteiger partial charge is 0.379 e. The molecule has 0 spiro atoms. The SMILES string of the molecule is CC(C)N(C(=O)CO[C@H]1CCOC1)c1cccc(C(F)(F)F)c1. The number of halogens is 3. The zero-order valence-electron chi connectivity index (χ0n) is 13.1. The minimum atomic E-state index is -4.45. The van der Waals surface area contributed by atoms with Crippen LogP contribution in [0.5, 0.6) is 0 Å². The molecule has 1 atom stereocenters. The first-order chi connectivity index (χ1) is 10.8. The Labute approximate surface area is 133 Å². The maximum absolute atomic E-state index is 12.8. The van der Waals surface area contributed by atoms with Crippen molar-refractivity contribution >= 4 is 11.6 Å². The number of benzene rings is 1. The van der Waals surface area contributed by atoms with Gasteiger partial charge in [0.15, 0.2) is 0 Å². The minimum absolute atomic E-state index is 0.130. The summed E-state index contributed by atoms with van der Waals surface area (Å²) in [4.78, 5) is 13.7. The van der Waals surface area contributed by atoms with Gasteiger partial charge in [-0.3, -0.25) is 4.79 Å². The van der Waals surface area contributed by atoms with Crippen LogP contribution in [0.1, 0.15) is 25.8 Å². The summed E-state index contributed by atoms with van der Waals surface area (Å²) >= 11 is 0. The third-order valence-corrected chi connectivity index (χ3v) is 3.57. The van der Waals surface area contributed by atoms with Crippen molar-refractivity contribution in [1.82, 2.24) is 0 Å². The third-order valence-electron chi connectivity index (χ3n) is 3.57. The van der Waals surface area contributed by atoms with Gasteiger partial charge in [0.2, 0.25) is 0 Å². The molecule has 0 radical (unpaired) electrons. The molecular weight excluding hydrogens is 311 g/mol. The first kappa shape index (κ1) is 17.7. The summed E-state index contributed by atoms with van der Waals surface area (Å²) < 4.78 is 49.2. The highest BCUT2D eigenvalue weighted by molar-refractivity contribution is 5.94. The Morgan fingerprint density at radius 3 is 2.74 bits per heavy atom. The highest BCUT2D eigenvalue weighted by Gasteiger charge is 2.31. The number of alkyl halides is 3. The lowest BCUT2D eigenvalue weighted by Crippen LogP contribution is -2.40. The molecule has 1 aliphatic rings. The van der Waals surface area contributed by atoms with Gasteiger partial charge in [-0.25, -0.2) is 0 Å². The van der Waals surface area contributed by atoms with E-state index < -0.39 is 11.7 Å². The topological polar surface area (TPSA) is 38.8 Å². The molecule has 128 valence electrons. The monoisotopic (exact) mass is 331 g/mol. The Bertz CT molecular complexity index is 540. The molecule has 0 aromatic heterocycles. The van der Waals surface area contributed by atoms with E-state index in [4.69, 9.17) is 9.47 Å². The summed E-state index contributed by atoms with van der Waals surface area (Å²) in [6, 6.07) is 4.47. The molecule has 1 aromatic carbocycles. The van der Waals surface area contributed by atoms with Crippen LogP contribution >= 0.6 is 0 Å². The van der Waals surface area contributed by atoms with E-state index in [1.165, 1.54) is 17.0 Å². The molecule has 0 saturated carbocycles. The zero-order chi connectivity index (χ0) is 17.0. The molecule has 2 rings (SSSR count). The molecule has 7 heteroatoms. The number of ether oxygens (including phenoxy) is 2. The molecule has 0 N–H and O–H groups in total. The zero-order valence-corrected chi connectivity index (χ0v) is 13.1. The van der Waals surface area contributed by atoms with Gasteiger partial charge in [0.05, 0.1) is 18.3 Å². The van der Waals surface area contributed by atoms with Crippen molar-refractivity contribution in [2.45, 2.75) is 38.6 Å². The van der Waals surface area contributed by atoms with Crippen molar-refractivity contribution in [1.29, 1.82) is 0 Å². The Kier molecular flexibility index (Phi) is 5.64. The molecule has 4 nitrogen and oxygen atoms in total. The molecule has 1 saturated heterocycles.